The van der Waals surface area contributed by atoms with Crippen LogP contribution in [0.4, 0.5) is 0 Å². The molecule has 1 rings (SSSR count). The quantitative estimate of drug-likeness (QED) is 0.702. The molecule has 0 aromatic carbocycles. The Hall–Kier alpha value is -0.0800. The fourth-order valence-electron chi connectivity index (χ4n) is 1.53. The summed E-state index contributed by atoms with van der Waals surface area (Å²) in [5.74, 6) is 0. The molecule has 1 aliphatic rings. The van der Waals surface area contributed by atoms with Gasteiger partial charge >= 0.3 is 0 Å². The molecule has 0 atom stereocenters. The SMILES string of the molecule is COC(C)(C)CCC1(N)CCC1. The normalized spacial score (nSPS) is 22.0. The lowest BCUT2D eigenvalue weighted by atomic mass is 9.73. The van der Waals surface area contributed by atoms with E-state index in [1.807, 2.05) is 0 Å². The summed E-state index contributed by atoms with van der Waals surface area (Å²) in [7, 11) is 1.77. The summed E-state index contributed by atoms with van der Waals surface area (Å²) < 4.78 is 5.35. The summed E-state index contributed by atoms with van der Waals surface area (Å²) in [4.78, 5) is 0. The third-order valence-electron chi connectivity index (χ3n) is 3.13. The van der Waals surface area contributed by atoms with Crippen molar-refractivity contribution in [2.75, 3.05) is 7.11 Å². The van der Waals surface area contributed by atoms with Gasteiger partial charge in [-0.3, -0.25) is 0 Å². The lowest BCUT2D eigenvalue weighted by Gasteiger charge is -2.40. The van der Waals surface area contributed by atoms with E-state index in [0.29, 0.717) is 0 Å². The standard InChI is InChI=1S/C10H21NO/c1-9(2,12-3)7-8-10(11)5-4-6-10/h4-8,11H2,1-3H3. The zero-order valence-electron chi connectivity index (χ0n) is 8.52. The third kappa shape index (κ3) is 2.46. The van der Waals surface area contributed by atoms with Crippen LogP contribution in [-0.4, -0.2) is 18.2 Å². The minimum absolute atomic E-state index is 0.00194. The van der Waals surface area contributed by atoms with Crippen LogP contribution in [0.2, 0.25) is 0 Å². The number of nitrogens with two attached hydrogens (primary N) is 1. The van der Waals surface area contributed by atoms with Gasteiger partial charge in [-0.2, -0.15) is 0 Å². The Kier molecular flexibility index (Phi) is 2.79. The lowest BCUT2D eigenvalue weighted by Crippen LogP contribution is -2.47. The van der Waals surface area contributed by atoms with Crippen LogP contribution < -0.4 is 5.73 Å². The van der Waals surface area contributed by atoms with Crippen molar-refractivity contribution in [2.45, 2.75) is 57.1 Å². The summed E-state index contributed by atoms with van der Waals surface area (Å²) in [5.41, 5.74) is 6.26. The smallest absolute Gasteiger partial charge is 0.0623 e. The summed E-state index contributed by atoms with van der Waals surface area (Å²) in [5, 5.41) is 0. The first kappa shape index (κ1) is 10.0. The van der Waals surface area contributed by atoms with Gasteiger partial charge in [0.05, 0.1) is 5.60 Å². The monoisotopic (exact) mass is 171 g/mol. The first-order chi connectivity index (χ1) is 5.47. The maximum Gasteiger partial charge on any atom is 0.0623 e. The largest absolute Gasteiger partial charge is 0.379 e. The Bertz CT molecular complexity index is 138. The van der Waals surface area contributed by atoms with E-state index in [0.717, 1.165) is 12.8 Å². The highest BCUT2D eigenvalue weighted by molar-refractivity contribution is 4.93. The molecule has 0 heterocycles. The molecule has 2 heteroatoms. The van der Waals surface area contributed by atoms with Crippen LogP contribution in [-0.2, 0) is 4.74 Å². The average molecular weight is 171 g/mol. The molecule has 0 aromatic rings. The molecule has 0 saturated heterocycles. The van der Waals surface area contributed by atoms with Gasteiger partial charge in [-0.1, -0.05) is 0 Å². The fourth-order valence-corrected chi connectivity index (χ4v) is 1.53. The van der Waals surface area contributed by atoms with Crippen molar-refractivity contribution in [1.82, 2.24) is 0 Å². The molecule has 12 heavy (non-hydrogen) atoms. The first-order valence-corrected chi connectivity index (χ1v) is 4.82. The molecule has 0 radical (unpaired) electrons. The van der Waals surface area contributed by atoms with E-state index < -0.39 is 0 Å². The topological polar surface area (TPSA) is 35.2 Å². The van der Waals surface area contributed by atoms with E-state index in [4.69, 9.17) is 10.5 Å². The first-order valence-electron chi connectivity index (χ1n) is 4.82. The molecule has 1 fully saturated rings. The van der Waals surface area contributed by atoms with Gasteiger partial charge < -0.3 is 10.5 Å². The Morgan fingerprint density at radius 2 is 2.00 bits per heavy atom. The molecule has 72 valence electrons. The predicted octanol–water partition coefficient (Wildman–Crippen LogP) is 2.07. The summed E-state index contributed by atoms with van der Waals surface area (Å²) >= 11 is 0. The van der Waals surface area contributed by atoms with Crippen LogP contribution in [0.25, 0.3) is 0 Å². The molecular weight excluding hydrogens is 150 g/mol. The maximum absolute atomic E-state index is 6.11. The average Bonchev–Trinajstić information content (AvgIpc) is 1.98. The van der Waals surface area contributed by atoms with Crippen molar-refractivity contribution < 1.29 is 4.74 Å². The second kappa shape index (κ2) is 3.35. The zero-order chi connectivity index (χ0) is 9.24. The molecule has 0 unspecified atom stereocenters. The van der Waals surface area contributed by atoms with Crippen LogP contribution in [0.5, 0.6) is 0 Å². The van der Waals surface area contributed by atoms with E-state index >= 15 is 0 Å². The second-order valence-electron chi connectivity index (χ2n) is 4.68. The molecule has 0 aromatic heterocycles. The molecule has 0 amide bonds. The van der Waals surface area contributed by atoms with Gasteiger partial charge in [0.25, 0.3) is 0 Å². The molecule has 1 aliphatic carbocycles. The molecule has 2 N–H and O–H groups in total. The van der Waals surface area contributed by atoms with Gasteiger partial charge in [-0.15, -0.1) is 0 Å². The van der Waals surface area contributed by atoms with Crippen molar-refractivity contribution in [3.05, 3.63) is 0 Å². The number of hydrogen-bond donors (Lipinski definition) is 1. The minimum Gasteiger partial charge on any atom is -0.379 e. The van der Waals surface area contributed by atoms with Gasteiger partial charge in [0, 0.05) is 12.6 Å². The van der Waals surface area contributed by atoms with Crippen LogP contribution in [0.15, 0.2) is 0 Å². The van der Waals surface area contributed by atoms with Gasteiger partial charge in [-0.05, 0) is 46.0 Å². The predicted molar refractivity (Wildman–Crippen MR) is 51.1 cm³/mol. The number of hydrogen-bond acceptors (Lipinski definition) is 2. The highest BCUT2D eigenvalue weighted by atomic mass is 16.5. The number of rotatable bonds is 4. The van der Waals surface area contributed by atoms with Gasteiger partial charge in [0.1, 0.15) is 0 Å². The Morgan fingerprint density at radius 1 is 1.42 bits per heavy atom. The van der Waals surface area contributed by atoms with Crippen molar-refractivity contribution >= 4 is 0 Å². The summed E-state index contributed by atoms with van der Waals surface area (Å²) in [6.07, 6.45) is 5.89. The fraction of sp³-hybridized carbons (Fsp3) is 1.00. The van der Waals surface area contributed by atoms with E-state index in [1.165, 1.54) is 19.3 Å². The minimum atomic E-state index is 0.00194. The summed E-state index contributed by atoms with van der Waals surface area (Å²) in [6, 6.07) is 0. The van der Waals surface area contributed by atoms with E-state index in [-0.39, 0.29) is 11.1 Å². The van der Waals surface area contributed by atoms with Gasteiger partial charge in [0.2, 0.25) is 0 Å². The highest BCUT2D eigenvalue weighted by Crippen LogP contribution is 2.35. The van der Waals surface area contributed by atoms with Crippen LogP contribution in [0.3, 0.4) is 0 Å². The Balaban J connectivity index is 2.24. The van der Waals surface area contributed by atoms with Crippen LogP contribution >= 0.6 is 0 Å². The molecule has 2 nitrogen and oxygen atoms in total. The van der Waals surface area contributed by atoms with E-state index in [1.54, 1.807) is 7.11 Å². The third-order valence-corrected chi connectivity index (χ3v) is 3.13. The molecule has 0 spiro atoms. The maximum atomic E-state index is 6.11. The van der Waals surface area contributed by atoms with E-state index in [2.05, 4.69) is 13.8 Å². The zero-order valence-corrected chi connectivity index (χ0v) is 8.52. The van der Waals surface area contributed by atoms with Gasteiger partial charge in [0.15, 0.2) is 0 Å². The van der Waals surface area contributed by atoms with Crippen LogP contribution in [0.1, 0.15) is 46.0 Å². The highest BCUT2D eigenvalue weighted by Gasteiger charge is 2.33. The van der Waals surface area contributed by atoms with E-state index in [9.17, 15) is 0 Å². The molecule has 0 bridgehead atoms. The van der Waals surface area contributed by atoms with Crippen molar-refractivity contribution in [1.29, 1.82) is 0 Å². The van der Waals surface area contributed by atoms with Gasteiger partial charge in [-0.25, -0.2) is 0 Å². The molecule has 1 saturated carbocycles. The number of methoxy groups -OCH3 is 1. The van der Waals surface area contributed by atoms with Crippen molar-refractivity contribution in [3.63, 3.8) is 0 Å². The number of ether oxygens (including phenoxy) is 1. The molecular formula is C10H21NO. The Morgan fingerprint density at radius 3 is 2.33 bits per heavy atom. The second-order valence-corrected chi connectivity index (χ2v) is 4.68. The van der Waals surface area contributed by atoms with Crippen molar-refractivity contribution in [3.8, 4) is 0 Å². The summed E-state index contributed by atoms with van der Waals surface area (Å²) in [6.45, 7) is 4.24. The molecule has 0 aliphatic heterocycles. The lowest BCUT2D eigenvalue weighted by molar-refractivity contribution is 0.00466. The van der Waals surface area contributed by atoms with Crippen LogP contribution in [0, 0.1) is 0 Å². The Labute approximate surface area is 75.5 Å². The van der Waals surface area contributed by atoms with Crippen molar-refractivity contribution in [2.24, 2.45) is 5.73 Å².